The topological polar surface area (TPSA) is 107 Å². The lowest BCUT2D eigenvalue weighted by atomic mass is 9.81. The Morgan fingerprint density at radius 3 is 2.34 bits per heavy atom. The largest absolute Gasteiger partial charge is 0.491 e. The molecule has 2 fully saturated rings. The summed E-state index contributed by atoms with van der Waals surface area (Å²) >= 11 is 0. The summed E-state index contributed by atoms with van der Waals surface area (Å²) in [4.78, 5) is 21.1. The van der Waals surface area contributed by atoms with Crippen molar-refractivity contribution in [3.63, 3.8) is 0 Å². The van der Waals surface area contributed by atoms with E-state index in [9.17, 15) is 22.9 Å². The molecule has 2 aliphatic heterocycles. The fourth-order valence-corrected chi connectivity index (χ4v) is 5.47. The monoisotopic (exact) mass is 507 g/mol. The van der Waals surface area contributed by atoms with Crippen LogP contribution in [0.15, 0.2) is 12.3 Å². The average molecular weight is 508 g/mol. The molecule has 0 spiro atoms. The summed E-state index contributed by atoms with van der Waals surface area (Å²) in [7, 11) is -2.21. The van der Waals surface area contributed by atoms with E-state index in [0.717, 1.165) is 19.4 Å². The number of carbonyl (C=O) groups is 1. The van der Waals surface area contributed by atoms with Crippen molar-refractivity contribution in [3.8, 4) is 11.8 Å². The van der Waals surface area contributed by atoms with Crippen molar-refractivity contribution in [2.45, 2.75) is 19.8 Å². The van der Waals surface area contributed by atoms with E-state index in [1.165, 1.54) is 15.4 Å². The van der Waals surface area contributed by atoms with Gasteiger partial charge in [0.05, 0.1) is 36.1 Å². The summed E-state index contributed by atoms with van der Waals surface area (Å²) in [6.45, 7) is 3.38. The lowest BCUT2D eigenvalue weighted by molar-refractivity contribution is 0.0698. The number of carbonyl (C=O) groups excluding carboxylic acids is 1. The maximum absolute atomic E-state index is 15.1. The molecular formula is C23H27F2N5O4S. The van der Waals surface area contributed by atoms with E-state index in [1.54, 1.807) is 0 Å². The standard InChI is InChI=1S/C23H27F2N5O4S/c1-23(14-26)4-6-28(7-5-23)20-15-12-17(24)21(34-2)18(25)19(15)27-13-16(20)22(31)29-8-10-30(11-9-29)35(3,32)33/h12-13H,4-11H2,1-3H3. The molecule has 2 aliphatic rings. The van der Waals surface area contributed by atoms with Crippen LogP contribution in [0.25, 0.3) is 10.9 Å². The molecule has 2 saturated heterocycles. The van der Waals surface area contributed by atoms with Gasteiger partial charge in [0.1, 0.15) is 5.52 Å². The number of benzene rings is 1. The lowest BCUT2D eigenvalue weighted by Gasteiger charge is -2.38. The first-order valence-corrected chi connectivity index (χ1v) is 13.1. The van der Waals surface area contributed by atoms with Crippen molar-refractivity contribution in [2.24, 2.45) is 5.41 Å². The second-order valence-electron chi connectivity index (χ2n) is 9.24. The number of sulfonamides is 1. The SMILES string of the molecule is COc1c(F)cc2c(N3CCC(C)(C#N)CC3)c(C(=O)N3CCN(S(C)(=O)=O)CC3)cnc2c1F. The third kappa shape index (κ3) is 4.62. The smallest absolute Gasteiger partial charge is 0.257 e. The van der Waals surface area contributed by atoms with Gasteiger partial charge in [-0.1, -0.05) is 0 Å². The van der Waals surface area contributed by atoms with E-state index in [0.29, 0.717) is 31.6 Å². The number of amides is 1. The first-order chi connectivity index (χ1) is 16.5. The molecule has 0 atom stereocenters. The molecule has 0 N–H and O–H groups in total. The number of anilines is 1. The number of pyridine rings is 1. The molecule has 4 rings (SSSR count). The van der Waals surface area contributed by atoms with Gasteiger partial charge in [-0.25, -0.2) is 17.2 Å². The second-order valence-corrected chi connectivity index (χ2v) is 11.2. The van der Waals surface area contributed by atoms with E-state index in [1.807, 2.05) is 11.8 Å². The Kier molecular flexibility index (Phi) is 6.59. The number of hydrogen-bond acceptors (Lipinski definition) is 7. The maximum Gasteiger partial charge on any atom is 0.257 e. The van der Waals surface area contributed by atoms with Crippen LogP contribution in [0.4, 0.5) is 14.5 Å². The van der Waals surface area contributed by atoms with E-state index >= 15 is 4.39 Å². The number of aromatic nitrogens is 1. The number of nitrogens with zero attached hydrogens (tertiary/aromatic N) is 5. The Balaban J connectivity index is 1.78. The Morgan fingerprint density at radius 2 is 1.80 bits per heavy atom. The van der Waals surface area contributed by atoms with Crippen LogP contribution in [-0.4, -0.2) is 81.1 Å². The normalized spacial score (nSPS) is 19.0. The summed E-state index contributed by atoms with van der Waals surface area (Å²) < 4.78 is 59.6. The van der Waals surface area contributed by atoms with Crippen LogP contribution < -0.4 is 9.64 Å². The van der Waals surface area contributed by atoms with Crippen molar-refractivity contribution in [1.82, 2.24) is 14.2 Å². The van der Waals surface area contributed by atoms with Crippen LogP contribution in [-0.2, 0) is 10.0 Å². The number of methoxy groups -OCH3 is 1. The molecule has 35 heavy (non-hydrogen) atoms. The minimum atomic E-state index is -3.37. The lowest BCUT2D eigenvalue weighted by Crippen LogP contribution is -2.50. The summed E-state index contributed by atoms with van der Waals surface area (Å²) in [6, 6.07) is 3.44. The molecule has 2 aromatic rings. The third-order valence-corrected chi connectivity index (χ3v) is 8.17. The fraction of sp³-hybridized carbons (Fsp3) is 0.522. The van der Waals surface area contributed by atoms with Gasteiger partial charge in [-0.2, -0.15) is 9.57 Å². The number of ether oxygens (including phenoxy) is 1. The number of nitriles is 1. The highest BCUT2D eigenvalue weighted by molar-refractivity contribution is 7.88. The minimum Gasteiger partial charge on any atom is -0.491 e. The van der Waals surface area contributed by atoms with Crippen LogP contribution in [0.2, 0.25) is 0 Å². The quantitative estimate of drug-likeness (QED) is 0.625. The molecule has 12 heteroatoms. The zero-order valence-electron chi connectivity index (χ0n) is 19.8. The first kappa shape index (κ1) is 25.1. The number of halogens is 2. The molecule has 0 aliphatic carbocycles. The van der Waals surface area contributed by atoms with Crippen LogP contribution in [0.5, 0.6) is 5.75 Å². The fourth-order valence-electron chi connectivity index (χ4n) is 4.65. The van der Waals surface area contributed by atoms with Crippen LogP contribution in [0.3, 0.4) is 0 Å². The molecule has 1 aromatic heterocycles. The Labute approximate surface area is 202 Å². The highest BCUT2D eigenvalue weighted by Crippen LogP contribution is 2.40. The minimum absolute atomic E-state index is 0.120. The Hall–Kier alpha value is -3.04. The zero-order chi connectivity index (χ0) is 25.5. The van der Waals surface area contributed by atoms with Crippen molar-refractivity contribution >= 4 is 32.5 Å². The molecular weight excluding hydrogens is 480 g/mol. The van der Waals surface area contributed by atoms with Gasteiger partial charge < -0.3 is 14.5 Å². The van der Waals surface area contributed by atoms with Crippen LogP contribution >= 0.6 is 0 Å². The van der Waals surface area contributed by atoms with Crippen molar-refractivity contribution < 1.29 is 26.7 Å². The van der Waals surface area contributed by atoms with Gasteiger partial charge in [-0.05, 0) is 25.8 Å². The van der Waals surface area contributed by atoms with Gasteiger partial charge in [0.25, 0.3) is 5.91 Å². The molecule has 0 saturated carbocycles. The number of piperidine rings is 1. The molecule has 188 valence electrons. The highest BCUT2D eigenvalue weighted by atomic mass is 32.2. The van der Waals surface area contributed by atoms with Gasteiger partial charge >= 0.3 is 0 Å². The summed E-state index contributed by atoms with van der Waals surface area (Å²) in [5.74, 6) is -2.82. The zero-order valence-corrected chi connectivity index (χ0v) is 20.7. The molecule has 0 bridgehead atoms. The van der Waals surface area contributed by atoms with E-state index in [-0.39, 0.29) is 42.6 Å². The van der Waals surface area contributed by atoms with E-state index < -0.39 is 38.7 Å². The number of fused-ring (bicyclic) bond motifs is 1. The van der Waals surface area contributed by atoms with Crippen molar-refractivity contribution in [3.05, 3.63) is 29.5 Å². The number of hydrogen-bond donors (Lipinski definition) is 0. The van der Waals surface area contributed by atoms with Gasteiger partial charge in [0, 0.05) is 50.9 Å². The van der Waals surface area contributed by atoms with Gasteiger partial charge in [0.2, 0.25) is 10.0 Å². The molecule has 3 heterocycles. The molecule has 1 aromatic carbocycles. The summed E-state index contributed by atoms with van der Waals surface area (Å²) in [6.07, 6.45) is 3.45. The van der Waals surface area contributed by atoms with Gasteiger partial charge in [-0.15, -0.1) is 0 Å². The predicted octanol–water partition coefficient (Wildman–Crippen LogP) is 2.37. The van der Waals surface area contributed by atoms with Crippen LogP contribution in [0, 0.1) is 28.4 Å². The van der Waals surface area contributed by atoms with Gasteiger partial charge in [-0.3, -0.25) is 9.78 Å². The van der Waals surface area contributed by atoms with Crippen molar-refractivity contribution in [1.29, 1.82) is 5.26 Å². The summed E-state index contributed by atoms with van der Waals surface area (Å²) in [5.41, 5.74) is -0.114. The number of rotatable bonds is 4. The summed E-state index contributed by atoms with van der Waals surface area (Å²) in [5, 5.41) is 9.64. The van der Waals surface area contributed by atoms with E-state index in [4.69, 9.17) is 4.74 Å². The van der Waals surface area contributed by atoms with Crippen molar-refractivity contribution in [2.75, 3.05) is 57.5 Å². The van der Waals surface area contributed by atoms with Crippen LogP contribution in [0.1, 0.15) is 30.1 Å². The molecule has 0 unspecified atom stereocenters. The number of piperazine rings is 1. The average Bonchev–Trinajstić information content (AvgIpc) is 2.83. The predicted molar refractivity (Wildman–Crippen MR) is 126 cm³/mol. The maximum atomic E-state index is 15.1. The highest BCUT2D eigenvalue weighted by Gasteiger charge is 2.35. The van der Waals surface area contributed by atoms with Gasteiger partial charge in [0.15, 0.2) is 17.4 Å². The third-order valence-electron chi connectivity index (χ3n) is 6.87. The molecule has 9 nitrogen and oxygen atoms in total. The first-order valence-electron chi connectivity index (χ1n) is 11.2. The Bertz CT molecular complexity index is 1310. The Morgan fingerprint density at radius 1 is 1.17 bits per heavy atom. The second kappa shape index (κ2) is 9.20. The molecule has 1 amide bonds. The molecule has 0 radical (unpaired) electrons. The van der Waals surface area contributed by atoms with E-state index in [2.05, 4.69) is 11.1 Å².